The van der Waals surface area contributed by atoms with E-state index in [-0.39, 0.29) is 12.6 Å². The second-order valence-corrected chi connectivity index (χ2v) is 8.44. The van der Waals surface area contributed by atoms with Crippen LogP contribution in [0.3, 0.4) is 0 Å². The Morgan fingerprint density at radius 1 is 0.909 bits per heavy atom. The highest BCUT2D eigenvalue weighted by Crippen LogP contribution is 2.24. The second kappa shape index (κ2) is 10.2. The van der Waals surface area contributed by atoms with Gasteiger partial charge in [0, 0.05) is 31.0 Å². The third-order valence-corrected chi connectivity index (χ3v) is 5.60. The van der Waals surface area contributed by atoms with Crippen molar-refractivity contribution in [2.45, 2.75) is 33.4 Å². The number of anilines is 2. The molecule has 1 aliphatic rings. The lowest BCUT2D eigenvalue weighted by atomic mass is 10.1. The third-order valence-electron chi connectivity index (χ3n) is 5.60. The van der Waals surface area contributed by atoms with Crippen LogP contribution >= 0.6 is 0 Å². The summed E-state index contributed by atoms with van der Waals surface area (Å²) in [6, 6.07) is 23.2. The molecule has 0 radical (unpaired) electrons. The zero-order valence-electron chi connectivity index (χ0n) is 19.1. The van der Waals surface area contributed by atoms with Crippen LogP contribution in [-0.4, -0.2) is 30.1 Å². The molecule has 0 bridgehead atoms. The third kappa shape index (κ3) is 5.92. The minimum Gasteiger partial charge on any atom is -0.444 e. The van der Waals surface area contributed by atoms with E-state index in [0.717, 1.165) is 29.8 Å². The molecule has 6 nitrogen and oxygen atoms in total. The molecule has 1 heterocycles. The first-order chi connectivity index (χ1) is 16.0. The van der Waals surface area contributed by atoms with Crippen LogP contribution in [0.15, 0.2) is 72.8 Å². The number of rotatable bonds is 6. The Kier molecular flexibility index (Phi) is 6.93. The van der Waals surface area contributed by atoms with E-state index in [4.69, 9.17) is 4.74 Å². The Labute approximate surface area is 194 Å². The molecule has 170 valence electrons. The van der Waals surface area contributed by atoms with Crippen LogP contribution in [0.25, 0.3) is 0 Å². The van der Waals surface area contributed by atoms with Gasteiger partial charge in [0.25, 0.3) is 0 Å². The maximum atomic E-state index is 13.1. The van der Waals surface area contributed by atoms with Gasteiger partial charge in [-0.1, -0.05) is 59.7 Å². The van der Waals surface area contributed by atoms with Gasteiger partial charge in [-0.3, -0.25) is 10.2 Å². The van der Waals surface area contributed by atoms with Gasteiger partial charge in [-0.05, 0) is 55.7 Å². The van der Waals surface area contributed by atoms with Crippen LogP contribution in [0.5, 0.6) is 0 Å². The Balaban J connectivity index is 1.35. The lowest BCUT2D eigenvalue weighted by Crippen LogP contribution is -2.49. The number of nitrogens with one attached hydrogen (secondary N) is 1. The van der Waals surface area contributed by atoms with E-state index in [1.165, 1.54) is 11.1 Å². The minimum atomic E-state index is -0.514. The van der Waals surface area contributed by atoms with Crippen molar-refractivity contribution < 1.29 is 14.3 Å². The molecule has 1 N–H and O–H groups in total. The second-order valence-electron chi connectivity index (χ2n) is 8.44. The van der Waals surface area contributed by atoms with E-state index >= 15 is 0 Å². The minimum absolute atomic E-state index is 0.00314. The van der Waals surface area contributed by atoms with Crippen molar-refractivity contribution in [3.05, 3.63) is 95.1 Å². The van der Waals surface area contributed by atoms with Gasteiger partial charge < -0.3 is 9.64 Å². The summed E-state index contributed by atoms with van der Waals surface area (Å²) >= 11 is 0. The van der Waals surface area contributed by atoms with Gasteiger partial charge in [-0.2, -0.15) is 0 Å². The first-order valence-electron chi connectivity index (χ1n) is 11.2. The van der Waals surface area contributed by atoms with E-state index in [1.54, 1.807) is 17.0 Å². The number of carbonyl (C=O) groups is 2. The Bertz CT molecular complexity index is 1090. The highest BCUT2D eigenvalue weighted by molar-refractivity contribution is 5.93. The Morgan fingerprint density at radius 2 is 1.61 bits per heavy atom. The molecule has 3 aromatic rings. The first-order valence-corrected chi connectivity index (χ1v) is 11.2. The smallest absolute Gasteiger partial charge is 0.411 e. The van der Waals surface area contributed by atoms with E-state index < -0.39 is 6.09 Å². The van der Waals surface area contributed by atoms with Crippen molar-refractivity contribution in [3.8, 4) is 0 Å². The summed E-state index contributed by atoms with van der Waals surface area (Å²) in [6.45, 7) is 6.39. The van der Waals surface area contributed by atoms with Crippen molar-refractivity contribution >= 4 is 23.5 Å². The normalized spacial score (nSPS) is 13.7. The summed E-state index contributed by atoms with van der Waals surface area (Å²) < 4.78 is 5.26. The molecule has 1 fully saturated rings. The summed E-state index contributed by atoms with van der Waals surface area (Å²) in [4.78, 5) is 28.9. The number of hydrogen-bond acceptors (Lipinski definition) is 3. The summed E-state index contributed by atoms with van der Waals surface area (Å²) in [7, 11) is 0. The van der Waals surface area contributed by atoms with Crippen LogP contribution in [-0.2, 0) is 17.9 Å². The topological polar surface area (TPSA) is 61.9 Å². The Morgan fingerprint density at radius 3 is 2.30 bits per heavy atom. The van der Waals surface area contributed by atoms with Crippen molar-refractivity contribution in [2.24, 2.45) is 0 Å². The van der Waals surface area contributed by atoms with Crippen LogP contribution in [0, 0.1) is 13.8 Å². The number of aryl methyl sites for hydroxylation is 2. The van der Waals surface area contributed by atoms with Gasteiger partial charge in [-0.15, -0.1) is 0 Å². The number of benzene rings is 3. The molecule has 0 aliphatic carbocycles. The van der Waals surface area contributed by atoms with E-state index in [2.05, 4.69) is 37.4 Å². The molecule has 6 heteroatoms. The molecule has 3 aromatic carbocycles. The van der Waals surface area contributed by atoms with Gasteiger partial charge >= 0.3 is 12.1 Å². The van der Waals surface area contributed by atoms with Crippen molar-refractivity contribution in [3.63, 3.8) is 0 Å². The highest BCUT2D eigenvalue weighted by Gasteiger charge is 2.26. The molecule has 0 aromatic heterocycles. The molecule has 1 saturated heterocycles. The fourth-order valence-corrected chi connectivity index (χ4v) is 4.15. The van der Waals surface area contributed by atoms with E-state index in [1.807, 2.05) is 47.4 Å². The lowest BCUT2D eigenvalue weighted by Gasteiger charge is -2.36. The quantitative estimate of drug-likeness (QED) is 0.517. The number of hydrogen-bond donors (Lipinski definition) is 1. The molecule has 0 spiro atoms. The molecule has 33 heavy (non-hydrogen) atoms. The van der Waals surface area contributed by atoms with Crippen molar-refractivity contribution in [1.82, 2.24) is 4.90 Å². The van der Waals surface area contributed by atoms with Crippen LogP contribution in [0.1, 0.15) is 28.7 Å². The number of amides is 3. The maximum absolute atomic E-state index is 13.1. The highest BCUT2D eigenvalue weighted by atomic mass is 16.5. The van der Waals surface area contributed by atoms with Gasteiger partial charge in [0.1, 0.15) is 6.61 Å². The standard InChI is InChI=1S/C27H29N3O3/c1-20-15-21(2)17-23(16-20)18-29-13-6-14-30(27(29)32)25-11-9-24(10-12-25)28-26(31)33-19-22-7-4-3-5-8-22/h3-5,7-12,15-17H,6,13-14,18-19H2,1-2H3,(H,28,31). The predicted molar refractivity (Wildman–Crippen MR) is 130 cm³/mol. The molecular formula is C27H29N3O3. The average Bonchev–Trinajstić information content (AvgIpc) is 2.80. The molecule has 3 amide bonds. The molecule has 4 rings (SSSR count). The summed E-state index contributed by atoms with van der Waals surface area (Å²) in [5, 5.41) is 2.73. The Hall–Kier alpha value is -3.80. The van der Waals surface area contributed by atoms with E-state index in [0.29, 0.717) is 18.8 Å². The number of carbonyl (C=O) groups excluding carboxylic acids is 2. The summed E-state index contributed by atoms with van der Waals surface area (Å²) in [5.41, 5.74) is 5.92. The number of urea groups is 1. The maximum Gasteiger partial charge on any atom is 0.411 e. The number of ether oxygens (including phenoxy) is 1. The van der Waals surface area contributed by atoms with Gasteiger partial charge in [0.05, 0.1) is 0 Å². The van der Waals surface area contributed by atoms with Crippen LogP contribution in [0.2, 0.25) is 0 Å². The monoisotopic (exact) mass is 443 g/mol. The van der Waals surface area contributed by atoms with Gasteiger partial charge in [-0.25, -0.2) is 9.59 Å². The van der Waals surface area contributed by atoms with Crippen LogP contribution < -0.4 is 10.2 Å². The molecule has 1 aliphatic heterocycles. The average molecular weight is 444 g/mol. The molecule has 0 atom stereocenters. The predicted octanol–water partition coefficient (Wildman–Crippen LogP) is 5.88. The van der Waals surface area contributed by atoms with Gasteiger partial charge in [0.2, 0.25) is 0 Å². The zero-order chi connectivity index (χ0) is 23.2. The van der Waals surface area contributed by atoms with Crippen molar-refractivity contribution in [2.75, 3.05) is 23.3 Å². The fraction of sp³-hybridized carbons (Fsp3) is 0.259. The fourth-order valence-electron chi connectivity index (χ4n) is 4.15. The van der Waals surface area contributed by atoms with Crippen molar-refractivity contribution in [1.29, 1.82) is 0 Å². The van der Waals surface area contributed by atoms with Gasteiger partial charge in [0.15, 0.2) is 0 Å². The molecule has 0 saturated carbocycles. The van der Waals surface area contributed by atoms with E-state index in [9.17, 15) is 9.59 Å². The molecular weight excluding hydrogens is 414 g/mol. The zero-order valence-corrected chi connectivity index (χ0v) is 19.1. The lowest BCUT2D eigenvalue weighted by molar-refractivity contribution is 0.155. The molecule has 0 unspecified atom stereocenters. The summed E-state index contributed by atoms with van der Waals surface area (Å²) in [5.74, 6) is 0. The van der Waals surface area contributed by atoms with Crippen LogP contribution in [0.4, 0.5) is 21.0 Å². The largest absolute Gasteiger partial charge is 0.444 e. The SMILES string of the molecule is Cc1cc(C)cc(CN2CCCN(c3ccc(NC(=O)OCc4ccccc4)cc3)C2=O)c1. The number of nitrogens with zero attached hydrogens (tertiary/aromatic N) is 2. The summed E-state index contributed by atoms with van der Waals surface area (Å²) in [6.07, 6.45) is 0.391. The first kappa shape index (κ1) is 22.4.